The molecule has 0 radical (unpaired) electrons. The summed E-state index contributed by atoms with van der Waals surface area (Å²) in [5.41, 5.74) is 0. The summed E-state index contributed by atoms with van der Waals surface area (Å²) in [7, 11) is 0. The van der Waals surface area contributed by atoms with Crippen molar-refractivity contribution >= 4 is 5.91 Å². The first kappa shape index (κ1) is 10.4. The number of nitrogens with one attached hydrogen (secondary N) is 1. The van der Waals surface area contributed by atoms with Gasteiger partial charge in [-0.25, -0.2) is 8.78 Å². The first-order valence-corrected chi connectivity index (χ1v) is 4.45. The number of hydrogen-bond donors (Lipinski definition) is 1. The lowest BCUT2D eigenvalue weighted by atomic mass is 10.1. The van der Waals surface area contributed by atoms with E-state index in [0.29, 0.717) is 19.5 Å². The van der Waals surface area contributed by atoms with Gasteiger partial charge < -0.3 is 5.32 Å². The van der Waals surface area contributed by atoms with Gasteiger partial charge in [-0.05, 0) is 6.42 Å². The first-order chi connectivity index (χ1) is 6.15. The Morgan fingerprint density at radius 1 is 1.69 bits per heavy atom. The molecule has 76 valence electrons. The standard InChI is InChI=1S/C8H14F2N2O/c1-2-6-8(13)11-3-4-12(6)5-7(9)10/h6-7H,2-5H2,1H3,(H,11,13). The summed E-state index contributed by atoms with van der Waals surface area (Å²) in [5, 5.41) is 2.66. The summed E-state index contributed by atoms with van der Waals surface area (Å²) >= 11 is 0. The predicted octanol–water partition coefficient (Wildman–Crippen LogP) is 0.462. The lowest BCUT2D eigenvalue weighted by Gasteiger charge is -2.33. The van der Waals surface area contributed by atoms with Crippen molar-refractivity contribution < 1.29 is 13.6 Å². The quantitative estimate of drug-likeness (QED) is 0.704. The van der Waals surface area contributed by atoms with E-state index in [1.54, 1.807) is 4.90 Å². The predicted molar refractivity (Wildman–Crippen MR) is 44.7 cm³/mol. The Balaban J connectivity index is 2.54. The molecule has 0 aliphatic carbocycles. The van der Waals surface area contributed by atoms with Crippen molar-refractivity contribution in [3.8, 4) is 0 Å². The third-order valence-corrected chi connectivity index (χ3v) is 2.20. The lowest BCUT2D eigenvalue weighted by Crippen LogP contribution is -2.55. The molecule has 1 heterocycles. The van der Waals surface area contributed by atoms with E-state index in [9.17, 15) is 13.6 Å². The largest absolute Gasteiger partial charge is 0.353 e. The highest BCUT2D eigenvalue weighted by Gasteiger charge is 2.29. The van der Waals surface area contributed by atoms with E-state index in [0.717, 1.165) is 0 Å². The second-order valence-electron chi connectivity index (χ2n) is 3.10. The number of rotatable bonds is 3. The first-order valence-electron chi connectivity index (χ1n) is 4.45. The summed E-state index contributed by atoms with van der Waals surface area (Å²) in [6.07, 6.45) is -1.78. The van der Waals surface area contributed by atoms with Crippen molar-refractivity contribution in [2.45, 2.75) is 25.8 Å². The van der Waals surface area contributed by atoms with E-state index in [-0.39, 0.29) is 18.5 Å². The fraction of sp³-hybridized carbons (Fsp3) is 0.875. The fourth-order valence-electron chi connectivity index (χ4n) is 1.60. The van der Waals surface area contributed by atoms with Crippen molar-refractivity contribution in [3.63, 3.8) is 0 Å². The molecule has 1 rings (SSSR count). The SMILES string of the molecule is CCC1C(=O)NCCN1CC(F)F. The second kappa shape index (κ2) is 4.50. The van der Waals surface area contributed by atoms with E-state index >= 15 is 0 Å². The maximum atomic E-state index is 12.1. The Morgan fingerprint density at radius 2 is 2.38 bits per heavy atom. The van der Waals surface area contributed by atoms with Crippen LogP contribution >= 0.6 is 0 Å². The zero-order valence-corrected chi connectivity index (χ0v) is 7.59. The van der Waals surface area contributed by atoms with Crippen LogP contribution in [0.3, 0.4) is 0 Å². The second-order valence-corrected chi connectivity index (χ2v) is 3.10. The molecule has 1 aliphatic rings. The molecule has 1 unspecified atom stereocenters. The van der Waals surface area contributed by atoms with Crippen LogP contribution in [0.25, 0.3) is 0 Å². The Morgan fingerprint density at radius 3 is 2.92 bits per heavy atom. The number of piperazine rings is 1. The summed E-state index contributed by atoms with van der Waals surface area (Å²) in [6.45, 7) is 2.52. The van der Waals surface area contributed by atoms with Crippen molar-refractivity contribution in [1.29, 1.82) is 0 Å². The lowest BCUT2D eigenvalue weighted by molar-refractivity contribution is -0.130. The van der Waals surface area contributed by atoms with E-state index in [4.69, 9.17) is 0 Å². The minimum atomic E-state index is -2.36. The molecular weight excluding hydrogens is 178 g/mol. The van der Waals surface area contributed by atoms with Gasteiger partial charge in [0, 0.05) is 13.1 Å². The van der Waals surface area contributed by atoms with Crippen LogP contribution in [0, 0.1) is 0 Å². The maximum absolute atomic E-state index is 12.1. The third kappa shape index (κ3) is 2.62. The molecular formula is C8H14F2N2O. The molecule has 1 fully saturated rings. The van der Waals surface area contributed by atoms with Crippen LogP contribution in [0.2, 0.25) is 0 Å². The zero-order valence-electron chi connectivity index (χ0n) is 7.59. The summed E-state index contributed by atoms with van der Waals surface area (Å²) in [5.74, 6) is -0.130. The number of alkyl halides is 2. The van der Waals surface area contributed by atoms with Crippen LogP contribution in [0.5, 0.6) is 0 Å². The molecule has 1 saturated heterocycles. The molecule has 0 aromatic rings. The highest BCUT2D eigenvalue weighted by molar-refractivity contribution is 5.82. The van der Waals surface area contributed by atoms with Gasteiger partial charge in [0.1, 0.15) is 0 Å². The monoisotopic (exact) mass is 192 g/mol. The smallest absolute Gasteiger partial charge is 0.251 e. The molecule has 1 aliphatic heterocycles. The van der Waals surface area contributed by atoms with Gasteiger partial charge in [0.15, 0.2) is 0 Å². The number of carbonyl (C=O) groups is 1. The van der Waals surface area contributed by atoms with Gasteiger partial charge in [-0.2, -0.15) is 0 Å². The highest BCUT2D eigenvalue weighted by atomic mass is 19.3. The average Bonchev–Trinajstić information content (AvgIpc) is 2.03. The molecule has 13 heavy (non-hydrogen) atoms. The van der Waals surface area contributed by atoms with Gasteiger partial charge in [-0.15, -0.1) is 0 Å². The fourth-order valence-corrected chi connectivity index (χ4v) is 1.60. The molecule has 5 heteroatoms. The third-order valence-electron chi connectivity index (χ3n) is 2.20. The van der Waals surface area contributed by atoms with Crippen molar-refractivity contribution in [3.05, 3.63) is 0 Å². The topological polar surface area (TPSA) is 32.3 Å². The van der Waals surface area contributed by atoms with E-state index in [1.807, 2.05) is 6.92 Å². The highest BCUT2D eigenvalue weighted by Crippen LogP contribution is 2.10. The Labute approximate surface area is 76.1 Å². The van der Waals surface area contributed by atoms with Crippen molar-refractivity contribution in [2.24, 2.45) is 0 Å². The molecule has 0 spiro atoms. The molecule has 0 bridgehead atoms. The maximum Gasteiger partial charge on any atom is 0.251 e. The van der Waals surface area contributed by atoms with Gasteiger partial charge in [-0.3, -0.25) is 9.69 Å². The Kier molecular flexibility index (Phi) is 3.59. The van der Waals surface area contributed by atoms with Gasteiger partial charge in [-0.1, -0.05) is 6.92 Å². The van der Waals surface area contributed by atoms with E-state index in [2.05, 4.69) is 5.32 Å². The minimum absolute atomic E-state index is 0.130. The van der Waals surface area contributed by atoms with Crippen LogP contribution in [-0.4, -0.2) is 42.9 Å². The molecule has 3 nitrogen and oxygen atoms in total. The van der Waals surface area contributed by atoms with E-state index < -0.39 is 6.43 Å². The molecule has 1 N–H and O–H groups in total. The molecule has 0 saturated carbocycles. The van der Waals surface area contributed by atoms with Crippen LogP contribution in [0.15, 0.2) is 0 Å². The number of carbonyl (C=O) groups excluding carboxylic acids is 1. The number of halogens is 2. The Bertz CT molecular complexity index is 187. The van der Waals surface area contributed by atoms with Crippen LogP contribution in [0.1, 0.15) is 13.3 Å². The zero-order chi connectivity index (χ0) is 9.84. The van der Waals surface area contributed by atoms with Gasteiger partial charge in [0.25, 0.3) is 6.43 Å². The summed E-state index contributed by atoms with van der Waals surface area (Å²) in [6, 6.07) is -0.372. The van der Waals surface area contributed by atoms with E-state index in [1.165, 1.54) is 0 Å². The van der Waals surface area contributed by atoms with Crippen molar-refractivity contribution in [2.75, 3.05) is 19.6 Å². The van der Waals surface area contributed by atoms with Crippen LogP contribution in [0.4, 0.5) is 8.78 Å². The Hall–Kier alpha value is -0.710. The molecule has 0 aromatic heterocycles. The molecule has 1 atom stereocenters. The molecule has 1 amide bonds. The minimum Gasteiger partial charge on any atom is -0.353 e. The van der Waals surface area contributed by atoms with Crippen molar-refractivity contribution in [1.82, 2.24) is 10.2 Å². The molecule has 0 aromatic carbocycles. The van der Waals surface area contributed by atoms with Crippen LogP contribution in [-0.2, 0) is 4.79 Å². The summed E-state index contributed by atoms with van der Waals surface area (Å²) < 4.78 is 24.2. The number of amides is 1. The number of hydrogen-bond acceptors (Lipinski definition) is 2. The summed E-state index contributed by atoms with van der Waals surface area (Å²) in [4.78, 5) is 12.8. The van der Waals surface area contributed by atoms with Crippen LogP contribution < -0.4 is 5.32 Å². The van der Waals surface area contributed by atoms with Gasteiger partial charge in [0.2, 0.25) is 5.91 Å². The number of nitrogens with zero attached hydrogens (tertiary/aromatic N) is 1. The van der Waals surface area contributed by atoms with Gasteiger partial charge >= 0.3 is 0 Å². The normalized spacial score (nSPS) is 24.9. The average molecular weight is 192 g/mol. The van der Waals surface area contributed by atoms with Gasteiger partial charge in [0.05, 0.1) is 12.6 Å².